The molecule has 1 aromatic heterocycles. The van der Waals surface area contributed by atoms with Gasteiger partial charge < -0.3 is 25.0 Å². The number of benzene rings is 3. The molecule has 0 unspecified atom stereocenters. The van der Waals surface area contributed by atoms with Crippen LogP contribution in [-0.4, -0.2) is 70.9 Å². The van der Waals surface area contributed by atoms with Gasteiger partial charge in [-0.05, 0) is 75.1 Å². The van der Waals surface area contributed by atoms with Crippen molar-refractivity contribution < 1.29 is 19.4 Å². The van der Waals surface area contributed by atoms with Crippen LogP contribution in [0.1, 0.15) is 28.7 Å². The summed E-state index contributed by atoms with van der Waals surface area (Å²) in [5.74, 6) is -1.39. The summed E-state index contributed by atoms with van der Waals surface area (Å²) in [5.41, 5.74) is 4.86. The number of likely N-dealkylation sites (N-methyl/N-ethyl adjacent to an activating group) is 2. The molecule has 0 aliphatic carbocycles. The molecule has 8 heteroatoms. The molecule has 0 atom stereocenters. The lowest BCUT2D eigenvalue weighted by molar-refractivity contribution is -0.136. The Morgan fingerprint density at radius 2 is 1.74 bits per heavy atom. The minimum Gasteiger partial charge on any atom is -0.494 e. The van der Waals surface area contributed by atoms with Crippen molar-refractivity contribution in [2.24, 2.45) is 4.99 Å². The number of aromatic nitrogens is 1. The summed E-state index contributed by atoms with van der Waals surface area (Å²) < 4.78 is 13.9. The number of nitrogens with zero attached hydrogens (tertiary/aromatic N) is 3. The minimum absolute atomic E-state index is 0.0119. The first-order chi connectivity index (χ1) is 18.2. The fraction of sp³-hybridized carbons (Fsp3) is 0.267. The van der Waals surface area contributed by atoms with Crippen molar-refractivity contribution in [2.45, 2.75) is 19.4 Å². The van der Waals surface area contributed by atoms with Crippen molar-refractivity contribution in [3.05, 3.63) is 94.8 Å². The Morgan fingerprint density at radius 1 is 0.974 bits per heavy atom. The second kappa shape index (κ2) is 12.0. The number of hydrogen-bond acceptors (Lipinski definition) is 5. The van der Waals surface area contributed by atoms with Crippen molar-refractivity contribution in [3.63, 3.8) is 0 Å². The number of rotatable bonds is 11. The van der Waals surface area contributed by atoms with E-state index < -0.39 is 11.8 Å². The third-order valence-corrected chi connectivity index (χ3v) is 6.36. The highest BCUT2D eigenvalue weighted by molar-refractivity contribution is 6.21. The highest BCUT2D eigenvalue weighted by atomic mass is 19.1. The smallest absolute Gasteiger partial charge is 0.303 e. The van der Waals surface area contributed by atoms with Crippen LogP contribution in [0, 0.1) is 5.82 Å². The van der Waals surface area contributed by atoms with Crippen LogP contribution in [0.2, 0.25) is 0 Å². The van der Waals surface area contributed by atoms with Gasteiger partial charge in [-0.1, -0.05) is 30.3 Å². The van der Waals surface area contributed by atoms with Gasteiger partial charge in [0.15, 0.2) is 5.88 Å². The first-order valence-corrected chi connectivity index (χ1v) is 12.5. The molecule has 7 nitrogen and oxygen atoms in total. The van der Waals surface area contributed by atoms with Crippen LogP contribution in [0.25, 0.3) is 10.9 Å². The monoisotopic (exact) mass is 516 g/mol. The molecule has 0 saturated heterocycles. The Morgan fingerprint density at radius 3 is 2.45 bits per heavy atom. The van der Waals surface area contributed by atoms with E-state index in [2.05, 4.69) is 35.9 Å². The van der Waals surface area contributed by atoms with Crippen LogP contribution in [0.4, 0.5) is 10.1 Å². The summed E-state index contributed by atoms with van der Waals surface area (Å²) in [6, 6.07) is 19.7. The summed E-state index contributed by atoms with van der Waals surface area (Å²) in [5, 5.41) is 20.6. The molecule has 1 heterocycles. The van der Waals surface area contributed by atoms with Gasteiger partial charge in [0.1, 0.15) is 5.82 Å². The average molecular weight is 517 g/mol. The number of aromatic hydroxyl groups is 1. The SMILES string of the molecule is CN(C)CCN(C)Cc1ccc(N=C(c2cccc(CCC(=O)O)c2)c2c(O)[nH]c3cc(F)ccc23)cc1. The van der Waals surface area contributed by atoms with Gasteiger partial charge in [-0.2, -0.15) is 0 Å². The molecular weight excluding hydrogens is 483 g/mol. The molecule has 0 amide bonds. The van der Waals surface area contributed by atoms with E-state index in [0.717, 1.165) is 36.3 Å². The number of carboxylic acid groups (broad SMARTS) is 1. The molecule has 0 saturated carbocycles. The number of H-pyrrole nitrogens is 1. The molecule has 0 fully saturated rings. The summed E-state index contributed by atoms with van der Waals surface area (Å²) in [6.45, 7) is 2.74. The van der Waals surface area contributed by atoms with Gasteiger partial charge >= 0.3 is 5.97 Å². The van der Waals surface area contributed by atoms with E-state index in [4.69, 9.17) is 10.1 Å². The summed E-state index contributed by atoms with van der Waals surface area (Å²) in [4.78, 5) is 23.3. The van der Waals surface area contributed by atoms with Gasteiger partial charge in [-0.3, -0.25) is 4.79 Å². The number of aryl methyl sites for hydroxylation is 1. The van der Waals surface area contributed by atoms with Gasteiger partial charge in [0.05, 0.1) is 22.5 Å². The molecule has 0 aliphatic rings. The average Bonchev–Trinajstić information content (AvgIpc) is 3.20. The number of halogens is 1. The second-order valence-electron chi connectivity index (χ2n) is 9.80. The first-order valence-electron chi connectivity index (χ1n) is 12.5. The van der Waals surface area contributed by atoms with Crippen LogP contribution in [0.15, 0.2) is 71.7 Å². The third kappa shape index (κ3) is 6.85. The number of nitrogens with one attached hydrogen (secondary N) is 1. The molecule has 198 valence electrons. The molecule has 38 heavy (non-hydrogen) atoms. The highest BCUT2D eigenvalue weighted by Gasteiger charge is 2.19. The number of aliphatic imine (C=N–C) groups is 1. The molecule has 4 aromatic rings. The van der Waals surface area contributed by atoms with Crippen LogP contribution in [0.5, 0.6) is 5.88 Å². The lowest BCUT2D eigenvalue weighted by Gasteiger charge is -2.19. The van der Waals surface area contributed by atoms with Crippen LogP contribution in [-0.2, 0) is 17.8 Å². The number of aromatic amines is 1. The molecular formula is C30H33FN4O3. The standard InChI is InChI=1S/C30H33FN4O3/c1-34(2)15-16-35(3)19-21-7-11-24(12-8-21)32-29(22-6-4-5-20(17-22)9-14-27(36)37)28-25-13-10-23(31)18-26(25)33-30(28)38/h4-8,10-13,17-18,33,38H,9,14-16,19H2,1-3H3,(H,36,37). The van der Waals surface area contributed by atoms with Crippen molar-refractivity contribution in [1.82, 2.24) is 14.8 Å². The van der Waals surface area contributed by atoms with Crippen LogP contribution < -0.4 is 0 Å². The highest BCUT2D eigenvalue weighted by Crippen LogP contribution is 2.32. The van der Waals surface area contributed by atoms with E-state index in [1.165, 1.54) is 12.1 Å². The Kier molecular flexibility index (Phi) is 8.55. The van der Waals surface area contributed by atoms with Gasteiger partial charge in [0, 0.05) is 37.0 Å². The molecule has 4 rings (SSSR count). The predicted molar refractivity (Wildman–Crippen MR) is 149 cm³/mol. The summed E-state index contributed by atoms with van der Waals surface area (Å²) in [7, 11) is 6.21. The van der Waals surface area contributed by atoms with Crippen molar-refractivity contribution in [2.75, 3.05) is 34.2 Å². The molecule has 3 N–H and O–H groups in total. The topological polar surface area (TPSA) is 92.2 Å². The Balaban J connectivity index is 1.72. The number of carboxylic acids is 1. The van der Waals surface area contributed by atoms with E-state index in [0.29, 0.717) is 34.3 Å². The maximum atomic E-state index is 13.9. The number of hydrogen-bond donors (Lipinski definition) is 3. The fourth-order valence-corrected chi connectivity index (χ4v) is 4.35. The van der Waals surface area contributed by atoms with E-state index in [9.17, 15) is 14.3 Å². The largest absolute Gasteiger partial charge is 0.494 e. The predicted octanol–water partition coefficient (Wildman–Crippen LogP) is 5.19. The zero-order valence-electron chi connectivity index (χ0n) is 21.9. The normalized spacial score (nSPS) is 12.1. The molecule has 0 spiro atoms. The van der Waals surface area contributed by atoms with Crippen molar-refractivity contribution in [3.8, 4) is 5.88 Å². The summed E-state index contributed by atoms with van der Waals surface area (Å²) >= 11 is 0. The van der Waals surface area contributed by atoms with Crippen molar-refractivity contribution >= 4 is 28.3 Å². The number of aliphatic carboxylic acids is 1. The maximum absolute atomic E-state index is 13.9. The zero-order valence-corrected chi connectivity index (χ0v) is 21.9. The van der Waals surface area contributed by atoms with Gasteiger partial charge in [-0.25, -0.2) is 9.38 Å². The van der Waals surface area contributed by atoms with Crippen molar-refractivity contribution in [1.29, 1.82) is 0 Å². The fourth-order valence-electron chi connectivity index (χ4n) is 4.35. The van der Waals surface area contributed by atoms with Gasteiger partial charge in [-0.15, -0.1) is 0 Å². The lowest BCUT2D eigenvalue weighted by atomic mass is 9.97. The molecule has 3 aromatic carbocycles. The van der Waals surface area contributed by atoms with E-state index >= 15 is 0 Å². The minimum atomic E-state index is -0.868. The zero-order chi connectivity index (χ0) is 27.2. The third-order valence-electron chi connectivity index (χ3n) is 6.36. The quantitative estimate of drug-likeness (QED) is 0.239. The maximum Gasteiger partial charge on any atom is 0.303 e. The lowest BCUT2D eigenvalue weighted by Crippen LogP contribution is -2.28. The Labute approximate surface area is 221 Å². The number of carbonyl (C=O) groups is 1. The Bertz CT molecular complexity index is 1440. The Hall–Kier alpha value is -4.01. The number of fused-ring (bicyclic) bond motifs is 1. The van der Waals surface area contributed by atoms with E-state index in [1.807, 2.05) is 48.5 Å². The first kappa shape index (κ1) is 27.0. The second-order valence-corrected chi connectivity index (χ2v) is 9.80. The summed E-state index contributed by atoms with van der Waals surface area (Å²) in [6.07, 6.45) is 0.384. The van der Waals surface area contributed by atoms with E-state index in [-0.39, 0.29) is 12.3 Å². The molecule has 0 aliphatic heterocycles. The van der Waals surface area contributed by atoms with Gasteiger partial charge in [0.25, 0.3) is 0 Å². The molecule has 0 radical (unpaired) electrons. The van der Waals surface area contributed by atoms with Gasteiger partial charge in [0.2, 0.25) is 0 Å². The van der Waals surface area contributed by atoms with Crippen LogP contribution in [0.3, 0.4) is 0 Å². The van der Waals surface area contributed by atoms with E-state index in [1.54, 1.807) is 6.07 Å². The molecule has 0 bridgehead atoms. The van der Waals surface area contributed by atoms with Crippen LogP contribution >= 0.6 is 0 Å².